The van der Waals surface area contributed by atoms with Crippen LogP contribution in [0.15, 0.2) is 104 Å². The molecule has 8 nitrogen and oxygen atoms in total. The van der Waals surface area contributed by atoms with Gasteiger partial charge in [-0.05, 0) is 42.0 Å². The number of pyridine rings is 2. The maximum Gasteiger partial charge on any atom is 0.255 e. The van der Waals surface area contributed by atoms with Gasteiger partial charge in [-0.1, -0.05) is 30.3 Å². The quantitative estimate of drug-likeness (QED) is 0.336. The van der Waals surface area contributed by atoms with Gasteiger partial charge in [-0.3, -0.25) is 9.78 Å². The van der Waals surface area contributed by atoms with Crippen LogP contribution in [0.2, 0.25) is 0 Å². The van der Waals surface area contributed by atoms with Gasteiger partial charge in [0.1, 0.15) is 17.2 Å². The van der Waals surface area contributed by atoms with E-state index in [-0.39, 0.29) is 5.91 Å². The fourth-order valence-electron chi connectivity index (χ4n) is 3.61. The molecule has 0 fully saturated rings. The third-order valence-corrected chi connectivity index (χ3v) is 5.43. The van der Waals surface area contributed by atoms with Gasteiger partial charge in [-0.15, -0.1) is 0 Å². The third-order valence-electron chi connectivity index (χ3n) is 5.43. The summed E-state index contributed by atoms with van der Waals surface area (Å²) in [6.45, 7) is 0.300. The highest BCUT2D eigenvalue weighted by Crippen LogP contribution is 2.25. The van der Waals surface area contributed by atoms with Crippen LogP contribution in [0.1, 0.15) is 15.9 Å². The lowest BCUT2D eigenvalue weighted by Crippen LogP contribution is -2.23. The van der Waals surface area contributed by atoms with E-state index in [1.54, 1.807) is 48.7 Å². The Morgan fingerprint density at radius 1 is 0.944 bits per heavy atom. The number of amides is 1. The van der Waals surface area contributed by atoms with E-state index in [1.807, 2.05) is 66.7 Å². The van der Waals surface area contributed by atoms with Crippen molar-refractivity contribution in [1.82, 2.24) is 25.1 Å². The average Bonchev–Trinajstić information content (AvgIpc) is 3.39. The smallest absolute Gasteiger partial charge is 0.255 e. The van der Waals surface area contributed by atoms with Gasteiger partial charge in [0.15, 0.2) is 0 Å². The summed E-state index contributed by atoms with van der Waals surface area (Å²) in [4.78, 5) is 21.7. The van der Waals surface area contributed by atoms with E-state index in [1.165, 1.54) is 0 Å². The minimum atomic E-state index is -0.243. The van der Waals surface area contributed by atoms with Crippen LogP contribution in [-0.2, 0) is 6.54 Å². The van der Waals surface area contributed by atoms with Gasteiger partial charge >= 0.3 is 0 Å². The van der Waals surface area contributed by atoms with E-state index < -0.39 is 0 Å². The zero-order valence-corrected chi connectivity index (χ0v) is 19.5. The molecule has 0 atom stereocenters. The van der Waals surface area contributed by atoms with Crippen LogP contribution >= 0.6 is 0 Å². The Morgan fingerprint density at radius 3 is 2.56 bits per heavy atom. The number of hydrogen-bond donors (Lipinski definition) is 1. The van der Waals surface area contributed by atoms with E-state index in [4.69, 9.17) is 9.47 Å². The normalized spacial score (nSPS) is 10.6. The molecule has 3 aromatic heterocycles. The summed E-state index contributed by atoms with van der Waals surface area (Å²) in [6.07, 6.45) is 6.78. The predicted molar refractivity (Wildman–Crippen MR) is 135 cm³/mol. The Hall–Kier alpha value is -4.98. The number of nitrogens with zero attached hydrogens (tertiary/aromatic N) is 4. The summed E-state index contributed by atoms with van der Waals surface area (Å²) >= 11 is 0. The Balaban J connectivity index is 1.30. The molecule has 178 valence electrons. The minimum absolute atomic E-state index is 0.243. The largest absolute Gasteiger partial charge is 0.497 e. The van der Waals surface area contributed by atoms with Crippen LogP contribution in [-0.4, -0.2) is 32.8 Å². The molecular weight excluding hydrogens is 454 g/mol. The first-order chi connectivity index (χ1) is 17.7. The fourth-order valence-corrected chi connectivity index (χ4v) is 3.61. The Bertz CT molecular complexity index is 1450. The first-order valence-corrected chi connectivity index (χ1v) is 11.3. The van der Waals surface area contributed by atoms with Crippen molar-refractivity contribution < 1.29 is 14.3 Å². The number of methoxy groups -OCH3 is 1. The molecule has 1 amide bonds. The Morgan fingerprint density at radius 2 is 1.81 bits per heavy atom. The number of para-hydroxylation sites is 1. The summed E-state index contributed by atoms with van der Waals surface area (Å²) < 4.78 is 12.7. The molecule has 2 aromatic carbocycles. The molecule has 0 aliphatic rings. The van der Waals surface area contributed by atoms with Gasteiger partial charge in [-0.25, -0.2) is 9.67 Å². The van der Waals surface area contributed by atoms with Crippen molar-refractivity contribution in [2.24, 2.45) is 0 Å². The third kappa shape index (κ3) is 5.23. The lowest BCUT2D eigenvalue weighted by atomic mass is 10.1. The van der Waals surface area contributed by atoms with Gasteiger partial charge < -0.3 is 14.8 Å². The highest BCUT2D eigenvalue weighted by atomic mass is 16.5. The molecule has 5 aromatic rings. The molecule has 0 spiro atoms. The van der Waals surface area contributed by atoms with Crippen molar-refractivity contribution in [2.75, 3.05) is 7.11 Å². The topological polar surface area (TPSA) is 91.2 Å². The SMILES string of the molecule is COc1cccc(Oc2ccc(CNC(=O)c3cn(-c4ccccc4)nc3-c3cccnc3)cn2)c1. The summed E-state index contributed by atoms with van der Waals surface area (Å²) in [5.41, 5.74) is 3.47. The molecule has 0 saturated carbocycles. The van der Waals surface area contributed by atoms with Gasteiger partial charge in [0.2, 0.25) is 5.88 Å². The maximum atomic E-state index is 13.2. The van der Waals surface area contributed by atoms with Crippen LogP contribution in [0.4, 0.5) is 0 Å². The van der Waals surface area contributed by atoms with Crippen molar-refractivity contribution in [1.29, 1.82) is 0 Å². The van der Waals surface area contributed by atoms with Crippen LogP contribution in [0.3, 0.4) is 0 Å². The van der Waals surface area contributed by atoms with Gasteiger partial charge in [0.25, 0.3) is 5.91 Å². The second-order valence-electron chi connectivity index (χ2n) is 7.88. The van der Waals surface area contributed by atoms with Crippen LogP contribution < -0.4 is 14.8 Å². The van der Waals surface area contributed by atoms with E-state index in [0.717, 1.165) is 16.8 Å². The van der Waals surface area contributed by atoms with Crippen LogP contribution in [0.5, 0.6) is 17.4 Å². The predicted octanol–water partition coefficient (Wildman–Crippen LogP) is 5.06. The van der Waals surface area contributed by atoms with Crippen molar-refractivity contribution >= 4 is 5.91 Å². The summed E-state index contributed by atoms with van der Waals surface area (Å²) in [6, 6.07) is 24.3. The molecule has 0 radical (unpaired) electrons. The van der Waals surface area contributed by atoms with Crippen LogP contribution in [0, 0.1) is 0 Å². The van der Waals surface area contributed by atoms with Crippen molar-refractivity contribution in [2.45, 2.75) is 6.54 Å². The molecule has 0 aliphatic heterocycles. The standard InChI is InChI=1S/C28H23N5O3/c1-35-23-10-5-11-24(15-23)36-26-13-12-20(16-30-26)17-31-28(34)25-19-33(22-8-3-2-4-9-22)32-27(25)21-7-6-14-29-18-21/h2-16,18-19H,17H2,1H3,(H,31,34). The number of ether oxygens (including phenoxy) is 2. The summed E-state index contributed by atoms with van der Waals surface area (Å²) in [7, 11) is 1.60. The number of carbonyl (C=O) groups excluding carboxylic acids is 1. The van der Waals surface area contributed by atoms with E-state index >= 15 is 0 Å². The average molecular weight is 478 g/mol. The molecule has 0 bridgehead atoms. The molecule has 0 unspecified atom stereocenters. The van der Waals surface area contributed by atoms with Gasteiger partial charge in [0, 0.05) is 49.0 Å². The number of hydrogen-bond acceptors (Lipinski definition) is 6. The lowest BCUT2D eigenvalue weighted by Gasteiger charge is -2.08. The number of aromatic nitrogens is 4. The van der Waals surface area contributed by atoms with Gasteiger partial charge in [0.05, 0.1) is 18.4 Å². The zero-order chi connectivity index (χ0) is 24.7. The highest BCUT2D eigenvalue weighted by Gasteiger charge is 2.19. The van der Waals surface area contributed by atoms with Gasteiger partial charge in [-0.2, -0.15) is 5.10 Å². The number of carbonyl (C=O) groups is 1. The van der Waals surface area contributed by atoms with E-state index in [2.05, 4.69) is 20.4 Å². The van der Waals surface area contributed by atoms with Crippen molar-refractivity contribution in [3.05, 3.63) is 115 Å². The fraction of sp³-hybridized carbons (Fsp3) is 0.0714. The Kier molecular flexibility index (Phi) is 6.66. The highest BCUT2D eigenvalue weighted by molar-refractivity contribution is 5.99. The Labute approximate surface area is 208 Å². The number of rotatable bonds is 8. The molecular formula is C28H23N5O3. The monoisotopic (exact) mass is 477 g/mol. The lowest BCUT2D eigenvalue weighted by molar-refractivity contribution is 0.0951. The van der Waals surface area contributed by atoms with Crippen molar-refractivity contribution in [3.8, 4) is 34.3 Å². The molecule has 3 heterocycles. The molecule has 0 saturated heterocycles. The van der Waals surface area contributed by atoms with E-state index in [0.29, 0.717) is 35.2 Å². The van der Waals surface area contributed by atoms with Crippen molar-refractivity contribution in [3.63, 3.8) is 0 Å². The zero-order valence-electron chi connectivity index (χ0n) is 19.5. The first-order valence-electron chi connectivity index (χ1n) is 11.3. The first kappa shape index (κ1) is 22.8. The number of nitrogens with one attached hydrogen (secondary N) is 1. The number of benzene rings is 2. The molecule has 1 N–H and O–H groups in total. The maximum absolute atomic E-state index is 13.2. The second kappa shape index (κ2) is 10.5. The summed E-state index contributed by atoms with van der Waals surface area (Å²) in [5.74, 6) is 1.53. The molecule has 36 heavy (non-hydrogen) atoms. The minimum Gasteiger partial charge on any atom is -0.497 e. The summed E-state index contributed by atoms with van der Waals surface area (Å²) in [5, 5.41) is 7.63. The van der Waals surface area contributed by atoms with Crippen LogP contribution in [0.25, 0.3) is 16.9 Å². The second-order valence-corrected chi connectivity index (χ2v) is 7.88. The molecule has 8 heteroatoms. The molecule has 0 aliphatic carbocycles. The molecule has 5 rings (SSSR count). The van der Waals surface area contributed by atoms with E-state index in [9.17, 15) is 4.79 Å².